The van der Waals surface area contributed by atoms with Crippen LogP contribution in [0.1, 0.15) is 40.5 Å². The number of rotatable bonds is 8. The van der Waals surface area contributed by atoms with Gasteiger partial charge in [-0.2, -0.15) is 4.89 Å². The van der Waals surface area contributed by atoms with E-state index < -0.39 is 19.7 Å². The predicted molar refractivity (Wildman–Crippen MR) is 117 cm³/mol. The van der Waals surface area contributed by atoms with Gasteiger partial charge in [-0.15, -0.1) is 0 Å². The van der Waals surface area contributed by atoms with E-state index in [1.807, 2.05) is 36.4 Å². The summed E-state index contributed by atoms with van der Waals surface area (Å²) >= 11 is 0. The molecular weight excluding hydrogens is 400 g/mol. The van der Waals surface area contributed by atoms with Crippen LogP contribution in [0.2, 0.25) is 5.04 Å². The molecule has 0 bridgehead atoms. The highest BCUT2D eigenvalue weighted by atomic mass is 28.4. The van der Waals surface area contributed by atoms with E-state index in [0.29, 0.717) is 6.61 Å². The van der Waals surface area contributed by atoms with Gasteiger partial charge in [-0.1, -0.05) is 81.4 Å². The highest BCUT2D eigenvalue weighted by Crippen LogP contribution is 2.40. The topological polar surface area (TPSA) is 77.4 Å². The van der Waals surface area contributed by atoms with Gasteiger partial charge in [-0.3, -0.25) is 0 Å². The Morgan fingerprint density at radius 2 is 1.50 bits per heavy atom. The average Bonchev–Trinajstić information content (AvgIpc) is 3.10. The molecule has 0 spiro atoms. The fourth-order valence-electron chi connectivity index (χ4n) is 4.23. The van der Waals surface area contributed by atoms with Crippen LogP contribution >= 0.6 is 0 Å². The normalized spacial score (nSPS) is 24.9. The molecule has 2 atom stereocenters. The molecule has 30 heavy (non-hydrogen) atoms. The highest BCUT2D eigenvalue weighted by Gasteiger charge is 2.53. The van der Waals surface area contributed by atoms with Crippen LogP contribution in [-0.2, 0) is 19.1 Å². The number of aliphatic hydroxyl groups is 1. The van der Waals surface area contributed by atoms with Gasteiger partial charge in [0.05, 0.1) is 6.61 Å². The Morgan fingerprint density at radius 1 is 0.967 bits per heavy atom. The molecule has 1 fully saturated rings. The van der Waals surface area contributed by atoms with Gasteiger partial charge in [-0.25, -0.2) is 15.0 Å². The van der Waals surface area contributed by atoms with Crippen molar-refractivity contribution in [2.24, 2.45) is 0 Å². The molecule has 1 aliphatic rings. The Kier molecular flexibility index (Phi) is 6.83. The molecule has 0 aliphatic carbocycles. The van der Waals surface area contributed by atoms with Crippen LogP contribution in [-0.4, -0.2) is 43.3 Å². The fourth-order valence-corrected chi connectivity index (χ4v) is 8.80. The number of hydrogen-bond donors (Lipinski definition) is 2. The summed E-state index contributed by atoms with van der Waals surface area (Å²) in [7, 11) is -2.69. The largest absolute Gasteiger partial charge is 0.407 e. The Morgan fingerprint density at radius 3 is 1.90 bits per heavy atom. The third-order valence-corrected chi connectivity index (χ3v) is 10.8. The second-order valence-electron chi connectivity index (χ2n) is 9.22. The van der Waals surface area contributed by atoms with Gasteiger partial charge in [0, 0.05) is 19.4 Å². The molecule has 0 amide bonds. The molecule has 7 heteroatoms. The van der Waals surface area contributed by atoms with E-state index in [0.717, 1.165) is 0 Å². The zero-order valence-corrected chi connectivity index (χ0v) is 19.1. The lowest BCUT2D eigenvalue weighted by atomic mass is 9.96. The summed E-state index contributed by atoms with van der Waals surface area (Å²) < 4.78 is 6.81. The molecule has 2 aromatic carbocycles. The third kappa shape index (κ3) is 4.38. The van der Waals surface area contributed by atoms with Crippen molar-refractivity contribution < 1.29 is 29.5 Å². The maximum Gasteiger partial charge on any atom is 0.261 e. The molecular formula is C23H32O6Si. The van der Waals surface area contributed by atoms with Crippen molar-refractivity contribution in [3.8, 4) is 0 Å². The summed E-state index contributed by atoms with van der Waals surface area (Å²) in [6, 6.07) is 20.7. The minimum atomic E-state index is -2.69. The molecule has 0 saturated carbocycles. The van der Waals surface area contributed by atoms with Crippen LogP contribution in [0.15, 0.2) is 60.7 Å². The molecule has 0 unspecified atom stereocenters. The maximum atomic E-state index is 9.55. The van der Waals surface area contributed by atoms with E-state index in [9.17, 15) is 10.4 Å². The second-order valence-corrected chi connectivity index (χ2v) is 13.5. The number of aliphatic hydroxyl groups excluding tert-OH is 1. The van der Waals surface area contributed by atoms with Crippen molar-refractivity contribution in [2.75, 3.05) is 13.2 Å². The monoisotopic (exact) mass is 432 g/mol. The lowest BCUT2D eigenvalue weighted by molar-refractivity contribution is -0.474. The molecule has 0 aromatic heterocycles. The summed E-state index contributed by atoms with van der Waals surface area (Å²) in [6.45, 7) is 8.36. The van der Waals surface area contributed by atoms with Crippen LogP contribution < -0.4 is 10.4 Å². The molecule has 1 aliphatic heterocycles. The number of benzene rings is 2. The van der Waals surface area contributed by atoms with Crippen molar-refractivity contribution in [1.29, 1.82) is 0 Å². The summed E-state index contributed by atoms with van der Waals surface area (Å²) in [4.78, 5) is 15.2. The molecule has 2 aromatic rings. The first kappa shape index (κ1) is 23.1. The summed E-state index contributed by atoms with van der Waals surface area (Å²) in [5.41, 5.74) is -0.930. The van der Waals surface area contributed by atoms with Gasteiger partial charge in [-0.05, 0) is 22.3 Å². The van der Waals surface area contributed by atoms with Crippen molar-refractivity contribution in [3.05, 3.63) is 60.7 Å². The van der Waals surface area contributed by atoms with Crippen molar-refractivity contribution in [3.63, 3.8) is 0 Å². The Bertz CT molecular complexity index is 770. The van der Waals surface area contributed by atoms with Crippen LogP contribution in [0, 0.1) is 0 Å². The van der Waals surface area contributed by atoms with E-state index in [4.69, 9.17) is 14.2 Å². The van der Waals surface area contributed by atoms with Crippen molar-refractivity contribution in [2.45, 2.75) is 57.0 Å². The Labute approximate surface area is 179 Å². The predicted octanol–water partition coefficient (Wildman–Crippen LogP) is 3.24. The molecule has 1 heterocycles. The van der Waals surface area contributed by atoms with E-state index in [-0.39, 0.29) is 24.5 Å². The van der Waals surface area contributed by atoms with E-state index >= 15 is 0 Å². The SMILES string of the molecule is CC(C)(C)[Si](OCC[C@]1(OO)C[C@](C)(CO)OO1)(c1ccccc1)c1ccccc1. The lowest BCUT2D eigenvalue weighted by Crippen LogP contribution is -2.66. The Balaban J connectivity index is 1.92. The van der Waals surface area contributed by atoms with Crippen LogP contribution in [0.25, 0.3) is 0 Å². The van der Waals surface area contributed by atoms with Crippen molar-refractivity contribution >= 4 is 18.7 Å². The smallest absolute Gasteiger partial charge is 0.261 e. The first-order valence-electron chi connectivity index (χ1n) is 10.3. The fraction of sp³-hybridized carbons (Fsp3) is 0.478. The number of hydrogen-bond acceptors (Lipinski definition) is 6. The van der Waals surface area contributed by atoms with Gasteiger partial charge in [0.2, 0.25) is 5.79 Å². The zero-order chi connectivity index (χ0) is 21.9. The van der Waals surface area contributed by atoms with Crippen molar-refractivity contribution in [1.82, 2.24) is 0 Å². The van der Waals surface area contributed by atoms with Crippen LogP contribution in [0.3, 0.4) is 0 Å². The van der Waals surface area contributed by atoms with Crippen LogP contribution in [0.4, 0.5) is 0 Å². The molecule has 164 valence electrons. The van der Waals surface area contributed by atoms with E-state index in [1.165, 1.54) is 10.4 Å². The quantitative estimate of drug-likeness (QED) is 0.379. The minimum Gasteiger partial charge on any atom is -0.407 e. The Hall–Kier alpha value is -1.58. The van der Waals surface area contributed by atoms with E-state index in [2.05, 4.69) is 49.9 Å². The second kappa shape index (κ2) is 8.88. The molecule has 6 nitrogen and oxygen atoms in total. The highest BCUT2D eigenvalue weighted by molar-refractivity contribution is 6.99. The zero-order valence-electron chi connectivity index (χ0n) is 18.1. The van der Waals surface area contributed by atoms with Crippen LogP contribution in [0.5, 0.6) is 0 Å². The van der Waals surface area contributed by atoms with Gasteiger partial charge >= 0.3 is 0 Å². The van der Waals surface area contributed by atoms with E-state index in [1.54, 1.807) is 6.92 Å². The maximum absolute atomic E-state index is 9.55. The first-order valence-corrected chi connectivity index (χ1v) is 12.2. The minimum absolute atomic E-state index is 0.157. The summed E-state index contributed by atoms with van der Waals surface area (Å²) in [6.07, 6.45) is 0.445. The average molecular weight is 433 g/mol. The molecule has 0 radical (unpaired) electrons. The molecule has 2 N–H and O–H groups in total. The summed E-state index contributed by atoms with van der Waals surface area (Å²) in [5, 5.41) is 21.3. The third-order valence-electron chi connectivity index (χ3n) is 5.76. The molecule has 3 rings (SSSR count). The van der Waals surface area contributed by atoms with Gasteiger partial charge in [0.25, 0.3) is 8.32 Å². The standard InChI is InChI=1S/C23H32O6Si/c1-21(2,3)30(19-11-7-5-8-12-19,20-13-9-6-10-14-20)26-16-15-23(27-25)17-22(4,18-24)28-29-23/h5-14,24-25H,15-18H2,1-4H3/t22-,23-/m1/s1. The van der Waals surface area contributed by atoms with Gasteiger partial charge in [0.1, 0.15) is 5.60 Å². The van der Waals surface area contributed by atoms with Gasteiger partial charge in [0.15, 0.2) is 0 Å². The lowest BCUT2D eigenvalue weighted by Gasteiger charge is -2.43. The van der Waals surface area contributed by atoms with Gasteiger partial charge < -0.3 is 9.53 Å². The first-order chi connectivity index (χ1) is 14.2. The molecule has 1 saturated heterocycles. The summed E-state index contributed by atoms with van der Waals surface area (Å²) in [5.74, 6) is -1.37.